The van der Waals surface area contributed by atoms with E-state index < -0.39 is 16.0 Å². The third kappa shape index (κ3) is 7.13. The first kappa shape index (κ1) is 27.2. The predicted octanol–water partition coefficient (Wildman–Crippen LogP) is 3.53. The van der Waals surface area contributed by atoms with Crippen molar-refractivity contribution in [3.05, 3.63) is 65.5 Å². The highest BCUT2D eigenvalue weighted by molar-refractivity contribution is 7.85. The number of nitrogens with zero attached hydrogens (tertiary/aromatic N) is 3. The zero-order chi connectivity index (χ0) is 27.3. The average molecular weight is 538 g/mol. The molecule has 5 rings (SSSR count). The number of rotatable bonds is 7. The number of nitrogens with two attached hydrogens (primary N) is 1. The van der Waals surface area contributed by atoms with Crippen LogP contribution in [0.5, 0.6) is 0 Å². The molecule has 0 atom stereocenters. The SMILES string of the molecule is CS(=O)(=O)O.N#Cc1ccc2[nH]cc(CCCCN3CCN(c4ccc5oc(C(N)=O)cc5c4)CC3)c2c1. The van der Waals surface area contributed by atoms with Crippen molar-refractivity contribution in [2.45, 2.75) is 19.3 Å². The van der Waals surface area contributed by atoms with Gasteiger partial charge in [-0.25, -0.2) is 0 Å². The van der Waals surface area contributed by atoms with E-state index in [2.05, 4.69) is 33.1 Å². The summed E-state index contributed by atoms with van der Waals surface area (Å²) in [4.78, 5) is 19.6. The summed E-state index contributed by atoms with van der Waals surface area (Å²) >= 11 is 0. The standard InChI is InChI=1S/C26H27N5O2.CH4O3S/c27-16-18-4-6-23-22(13-18)19(17-29-23)3-1-2-8-30-9-11-31(12-10-30)21-5-7-24-20(14-21)15-25(33-24)26(28)32;1-5(2,3)4/h4-7,13-15,17,29H,1-3,8-12H2,(H2,28,32);1H3,(H,2,3,4). The molecular formula is C27H31N5O5S. The number of H-pyrrole nitrogens is 1. The molecule has 4 aromatic rings. The molecule has 0 spiro atoms. The largest absolute Gasteiger partial charge is 0.451 e. The lowest BCUT2D eigenvalue weighted by Gasteiger charge is -2.36. The number of aromatic nitrogens is 1. The summed E-state index contributed by atoms with van der Waals surface area (Å²) in [6.45, 7) is 5.13. The summed E-state index contributed by atoms with van der Waals surface area (Å²) in [5.74, 6) is -0.344. The number of benzene rings is 2. The molecule has 10 nitrogen and oxygen atoms in total. The molecule has 38 heavy (non-hydrogen) atoms. The first-order valence-corrected chi connectivity index (χ1v) is 14.2. The number of aromatic amines is 1. The maximum atomic E-state index is 11.4. The van der Waals surface area contributed by atoms with Gasteiger partial charge in [0.1, 0.15) is 5.58 Å². The van der Waals surface area contributed by atoms with Gasteiger partial charge in [-0.15, -0.1) is 0 Å². The number of carbonyl (C=O) groups excluding carboxylic acids is 1. The van der Waals surface area contributed by atoms with Gasteiger partial charge in [-0.05, 0) is 73.8 Å². The smallest absolute Gasteiger partial charge is 0.284 e. The van der Waals surface area contributed by atoms with Gasteiger partial charge < -0.3 is 20.0 Å². The zero-order valence-electron chi connectivity index (χ0n) is 21.2. The maximum absolute atomic E-state index is 11.4. The Kier molecular flexibility index (Phi) is 8.36. The Morgan fingerprint density at radius 2 is 1.87 bits per heavy atom. The van der Waals surface area contributed by atoms with Crippen LogP contribution >= 0.6 is 0 Å². The molecule has 0 unspecified atom stereocenters. The number of unbranched alkanes of at least 4 members (excludes halogenated alkanes) is 1. The number of nitriles is 1. The lowest BCUT2D eigenvalue weighted by atomic mass is 10.1. The molecule has 1 aliphatic rings. The number of piperazine rings is 1. The number of anilines is 1. The molecule has 1 aliphatic heterocycles. The Balaban J connectivity index is 0.000000617. The number of fused-ring (bicyclic) bond motifs is 2. The van der Waals surface area contributed by atoms with Crippen LogP contribution in [0.2, 0.25) is 0 Å². The Hall–Kier alpha value is -3.85. The molecule has 0 saturated carbocycles. The Bertz CT molecular complexity index is 1570. The van der Waals surface area contributed by atoms with Gasteiger partial charge in [0.15, 0.2) is 5.76 Å². The number of amides is 1. The second-order valence-corrected chi connectivity index (χ2v) is 10.9. The lowest BCUT2D eigenvalue weighted by Crippen LogP contribution is -2.46. The van der Waals surface area contributed by atoms with Crippen LogP contribution < -0.4 is 10.6 Å². The van der Waals surface area contributed by atoms with Gasteiger partial charge in [-0.3, -0.25) is 14.2 Å². The second-order valence-electron chi connectivity index (χ2n) is 9.40. The minimum Gasteiger partial charge on any atom is -0.451 e. The minimum atomic E-state index is -3.67. The van der Waals surface area contributed by atoms with E-state index in [1.54, 1.807) is 6.07 Å². The highest BCUT2D eigenvalue weighted by Gasteiger charge is 2.18. The summed E-state index contributed by atoms with van der Waals surface area (Å²) < 4.78 is 31.4. The highest BCUT2D eigenvalue weighted by Crippen LogP contribution is 2.26. The first-order chi connectivity index (χ1) is 18.1. The van der Waals surface area contributed by atoms with E-state index in [4.69, 9.17) is 20.0 Å². The van der Waals surface area contributed by atoms with Crippen LogP contribution in [0.15, 0.2) is 53.1 Å². The van der Waals surface area contributed by atoms with Crippen molar-refractivity contribution in [2.75, 3.05) is 43.9 Å². The van der Waals surface area contributed by atoms with Crippen molar-refractivity contribution >= 4 is 43.6 Å². The number of furan rings is 1. The Morgan fingerprint density at radius 3 is 2.55 bits per heavy atom. The van der Waals surface area contributed by atoms with E-state index in [1.807, 2.05) is 30.3 Å². The average Bonchev–Trinajstić information content (AvgIpc) is 3.49. The minimum absolute atomic E-state index is 0.199. The van der Waals surface area contributed by atoms with Crippen LogP contribution in [-0.4, -0.2) is 67.7 Å². The van der Waals surface area contributed by atoms with Gasteiger partial charge in [0.05, 0.1) is 17.9 Å². The van der Waals surface area contributed by atoms with E-state index in [1.165, 1.54) is 10.9 Å². The summed E-state index contributed by atoms with van der Waals surface area (Å²) in [6, 6.07) is 15.8. The normalized spacial score (nSPS) is 14.3. The fourth-order valence-electron chi connectivity index (χ4n) is 4.68. The molecule has 3 heterocycles. The molecule has 2 aromatic carbocycles. The number of carbonyl (C=O) groups is 1. The van der Waals surface area contributed by atoms with Crippen molar-refractivity contribution in [3.63, 3.8) is 0 Å². The van der Waals surface area contributed by atoms with Gasteiger partial charge in [0.25, 0.3) is 16.0 Å². The van der Waals surface area contributed by atoms with Gasteiger partial charge >= 0.3 is 0 Å². The topological polar surface area (TPSA) is 157 Å². The van der Waals surface area contributed by atoms with Crippen molar-refractivity contribution in [2.24, 2.45) is 5.73 Å². The third-order valence-electron chi connectivity index (χ3n) is 6.55. The lowest BCUT2D eigenvalue weighted by molar-refractivity contribution is 0.0976. The fraction of sp³-hybridized carbons (Fsp3) is 0.333. The highest BCUT2D eigenvalue weighted by atomic mass is 32.2. The number of hydrogen-bond donors (Lipinski definition) is 3. The van der Waals surface area contributed by atoms with E-state index in [9.17, 15) is 13.2 Å². The van der Waals surface area contributed by atoms with Crippen LogP contribution in [0.4, 0.5) is 5.69 Å². The summed E-state index contributed by atoms with van der Waals surface area (Å²) in [5.41, 5.74) is 10.3. The van der Waals surface area contributed by atoms with Gasteiger partial charge in [0, 0.05) is 54.4 Å². The van der Waals surface area contributed by atoms with Gasteiger partial charge in [-0.2, -0.15) is 13.7 Å². The van der Waals surface area contributed by atoms with Crippen molar-refractivity contribution in [3.8, 4) is 6.07 Å². The first-order valence-electron chi connectivity index (χ1n) is 12.3. The molecule has 4 N–H and O–H groups in total. The number of nitrogens with one attached hydrogen (secondary N) is 1. The van der Waals surface area contributed by atoms with Gasteiger partial charge in [-0.1, -0.05) is 0 Å². The summed E-state index contributed by atoms with van der Waals surface area (Å²) in [6.07, 6.45) is 6.10. The van der Waals surface area contributed by atoms with E-state index in [-0.39, 0.29) is 5.76 Å². The predicted molar refractivity (Wildman–Crippen MR) is 147 cm³/mol. The molecule has 200 valence electrons. The van der Waals surface area contributed by atoms with Crippen LogP contribution in [-0.2, 0) is 16.5 Å². The molecule has 1 fully saturated rings. The molecular weight excluding hydrogens is 506 g/mol. The summed E-state index contributed by atoms with van der Waals surface area (Å²) in [7, 11) is -3.67. The fourth-order valence-corrected chi connectivity index (χ4v) is 4.68. The quantitative estimate of drug-likeness (QED) is 0.239. The molecule has 0 aliphatic carbocycles. The monoisotopic (exact) mass is 537 g/mol. The second kappa shape index (κ2) is 11.7. The third-order valence-corrected chi connectivity index (χ3v) is 6.55. The maximum Gasteiger partial charge on any atom is 0.284 e. The van der Waals surface area contributed by atoms with Crippen molar-refractivity contribution in [1.29, 1.82) is 5.26 Å². The number of aryl methyl sites for hydroxylation is 1. The van der Waals surface area contributed by atoms with Crippen LogP contribution in [0.3, 0.4) is 0 Å². The molecule has 0 radical (unpaired) electrons. The molecule has 11 heteroatoms. The van der Waals surface area contributed by atoms with Crippen molar-refractivity contribution < 1.29 is 22.2 Å². The zero-order valence-corrected chi connectivity index (χ0v) is 22.0. The van der Waals surface area contributed by atoms with E-state index in [0.29, 0.717) is 17.4 Å². The molecule has 1 saturated heterocycles. The number of primary amides is 1. The van der Waals surface area contributed by atoms with Crippen molar-refractivity contribution in [1.82, 2.24) is 9.88 Å². The Labute approximate surface area is 221 Å². The number of hydrogen-bond acceptors (Lipinski definition) is 7. The molecule has 1 amide bonds. The Morgan fingerprint density at radius 1 is 1.13 bits per heavy atom. The van der Waals surface area contributed by atoms with Crippen LogP contribution in [0.25, 0.3) is 21.9 Å². The molecule has 0 bridgehead atoms. The van der Waals surface area contributed by atoms with E-state index in [0.717, 1.165) is 68.6 Å². The van der Waals surface area contributed by atoms with Crippen LogP contribution in [0.1, 0.15) is 34.5 Å². The van der Waals surface area contributed by atoms with Gasteiger partial charge in [0.2, 0.25) is 0 Å². The van der Waals surface area contributed by atoms with E-state index >= 15 is 0 Å². The molecule has 2 aromatic heterocycles. The summed E-state index contributed by atoms with van der Waals surface area (Å²) in [5, 5.41) is 11.2. The van der Waals surface area contributed by atoms with Crippen LogP contribution in [0, 0.1) is 11.3 Å².